The number of likely N-dealkylation sites (N-methyl/N-ethyl adjacent to an activating group) is 1. The molecule has 1 atom stereocenters. The number of nitrogens with zero attached hydrogens (tertiary/aromatic N) is 1. The molecule has 1 aliphatic heterocycles. The molecule has 3 heteroatoms. The van der Waals surface area contributed by atoms with Gasteiger partial charge in [-0.2, -0.15) is 0 Å². The molecule has 2 fully saturated rings. The Hall–Kier alpha value is -1.35. The zero-order chi connectivity index (χ0) is 15.4. The Labute approximate surface area is 133 Å². The van der Waals surface area contributed by atoms with Crippen molar-refractivity contribution < 1.29 is 9.53 Å². The molecule has 0 bridgehead atoms. The van der Waals surface area contributed by atoms with E-state index in [1.54, 1.807) is 0 Å². The number of carbonyl (C=O) groups is 1. The third-order valence-electron chi connectivity index (χ3n) is 5.50. The molecular weight excluding hydrogens is 274 g/mol. The van der Waals surface area contributed by atoms with Crippen molar-refractivity contribution in [1.29, 1.82) is 0 Å². The maximum absolute atomic E-state index is 12.9. The van der Waals surface area contributed by atoms with Gasteiger partial charge < -0.3 is 9.64 Å². The SMILES string of the molecule is CN1CCCC1COC(=O)C1(c2ccccc2)CCCCC1. The second-order valence-electron chi connectivity index (χ2n) is 6.88. The van der Waals surface area contributed by atoms with E-state index in [9.17, 15) is 4.79 Å². The minimum atomic E-state index is -0.406. The van der Waals surface area contributed by atoms with Crippen LogP contribution in [-0.2, 0) is 14.9 Å². The van der Waals surface area contributed by atoms with Crippen LogP contribution in [0.2, 0.25) is 0 Å². The average molecular weight is 301 g/mol. The van der Waals surface area contributed by atoms with E-state index in [4.69, 9.17) is 4.74 Å². The van der Waals surface area contributed by atoms with E-state index in [1.807, 2.05) is 18.2 Å². The summed E-state index contributed by atoms with van der Waals surface area (Å²) < 4.78 is 5.81. The van der Waals surface area contributed by atoms with Crippen molar-refractivity contribution in [2.75, 3.05) is 20.2 Å². The molecular formula is C19H27NO2. The molecule has 3 rings (SSSR count). The minimum absolute atomic E-state index is 0.00120. The predicted octanol–water partition coefficient (Wildman–Crippen LogP) is 3.53. The zero-order valence-corrected chi connectivity index (χ0v) is 13.6. The van der Waals surface area contributed by atoms with Crippen LogP contribution in [0.4, 0.5) is 0 Å². The average Bonchev–Trinajstić information content (AvgIpc) is 2.99. The highest BCUT2D eigenvalue weighted by molar-refractivity contribution is 5.83. The second-order valence-corrected chi connectivity index (χ2v) is 6.88. The highest BCUT2D eigenvalue weighted by Gasteiger charge is 2.42. The number of esters is 1. The van der Waals surface area contributed by atoms with Crippen molar-refractivity contribution in [3.63, 3.8) is 0 Å². The Morgan fingerprint density at radius 1 is 1.18 bits per heavy atom. The van der Waals surface area contributed by atoms with Crippen LogP contribution in [-0.4, -0.2) is 37.1 Å². The summed E-state index contributed by atoms with van der Waals surface area (Å²) in [5, 5.41) is 0. The fourth-order valence-electron chi connectivity index (χ4n) is 4.02. The number of ether oxygens (including phenoxy) is 1. The van der Waals surface area contributed by atoms with Gasteiger partial charge in [-0.3, -0.25) is 4.79 Å². The summed E-state index contributed by atoms with van der Waals surface area (Å²) in [4.78, 5) is 15.3. The molecule has 1 aromatic carbocycles. The van der Waals surface area contributed by atoms with E-state index < -0.39 is 5.41 Å². The van der Waals surface area contributed by atoms with Crippen molar-refractivity contribution in [2.45, 2.75) is 56.4 Å². The molecule has 0 N–H and O–H groups in total. The lowest BCUT2D eigenvalue weighted by molar-refractivity contribution is -0.153. The number of likely N-dealkylation sites (tertiary alicyclic amines) is 1. The van der Waals surface area contributed by atoms with E-state index >= 15 is 0 Å². The first kappa shape index (κ1) is 15.5. The van der Waals surface area contributed by atoms with Crippen LogP contribution in [0.15, 0.2) is 30.3 Å². The number of benzene rings is 1. The molecule has 0 spiro atoms. The summed E-state index contributed by atoms with van der Waals surface area (Å²) >= 11 is 0. The summed E-state index contributed by atoms with van der Waals surface area (Å²) in [6.07, 6.45) is 7.67. The first-order valence-corrected chi connectivity index (χ1v) is 8.65. The van der Waals surface area contributed by atoms with Gasteiger partial charge in [-0.05, 0) is 44.8 Å². The lowest BCUT2D eigenvalue weighted by atomic mass is 9.69. The topological polar surface area (TPSA) is 29.5 Å². The molecule has 120 valence electrons. The normalized spacial score (nSPS) is 25.0. The number of carbonyl (C=O) groups excluding carboxylic acids is 1. The van der Waals surface area contributed by atoms with Gasteiger partial charge in [0.05, 0.1) is 5.41 Å². The van der Waals surface area contributed by atoms with Gasteiger partial charge in [0.15, 0.2) is 0 Å². The van der Waals surface area contributed by atoms with Crippen LogP contribution in [0.1, 0.15) is 50.5 Å². The van der Waals surface area contributed by atoms with Crippen molar-refractivity contribution in [2.24, 2.45) is 0 Å². The maximum Gasteiger partial charge on any atom is 0.316 e. The summed E-state index contributed by atoms with van der Waals surface area (Å²) in [5.41, 5.74) is 0.732. The largest absolute Gasteiger partial charge is 0.463 e. The maximum atomic E-state index is 12.9. The second kappa shape index (κ2) is 6.82. The monoisotopic (exact) mass is 301 g/mol. The highest BCUT2D eigenvalue weighted by atomic mass is 16.5. The first-order valence-electron chi connectivity index (χ1n) is 8.65. The van der Waals surface area contributed by atoms with E-state index in [0.29, 0.717) is 12.6 Å². The van der Waals surface area contributed by atoms with Gasteiger partial charge >= 0.3 is 5.97 Å². The Morgan fingerprint density at radius 2 is 1.91 bits per heavy atom. The van der Waals surface area contributed by atoms with Crippen LogP contribution in [0, 0.1) is 0 Å². The lowest BCUT2D eigenvalue weighted by Crippen LogP contribution is -2.41. The summed E-state index contributed by atoms with van der Waals surface area (Å²) in [7, 11) is 2.12. The molecule has 1 saturated carbocycles. The van der Waals surface area contributed by atoms with Crippen molar-refractivity contribution in [3.8, 4) is 0 Å². The summed E-state index contributed by atoms with van der Waals surface area (Å²) in [6, 6.07) is 10.7. The van der Waals surface area contributed by atoms with Crippen molar-refractivity contribution >= 4 is 5.97 Å². The van der Waals surface area contributed by atoms with Crippen LogP contribution in [0.5, 0.6) is 0 Å². The molecule has 1 unspecified atom stereocenters. The van der Waals surface area contributed by atoms with E-state index in [1.165, 1.54) is 12.8 Å². The first-order chi connectivity index (χ1) is 10.7. The standard InChI is InChI=1S/C19H27NO2/c1-20-14-8-11-17(20)15-22-18(21)19(12-6-3-7-13-19)16-9-4-2-5-10-16/h2,4-5,9-10,17H,3,6-8,11-15H2,1H3. The van der Waals surface area contributed by atoms with Crippen LogP contribution < -0.4 is 0 Å². The smallest absolute Gasteiger partial charge is 0.316 e. The highest BCUT2D eigenvalue weighted by Crippen LogP contribution is 2.40. The van der Waals surface area contributed by atoms with Gasteiger partial charge in [0, 0.05) is 6.04 Å². The summed E-state index contributed by atoms with van der Waals surface area (Å²) in [6.45, 7) is 1.66. The molecule has 22 heavy (non-hydrogen) atoms. The van der Waals surface area contributed by atoms with E-state index in [2.05, 4.69) is 24.1 Å². The third kappa shape index (κ3) is 3.05. The summed E-state index contributed by atoms with van der Waals surface area (Å²) in [5.74, 6) is -0.00120. The molecule has 3 nitrogen and oxygen atoms in total. The van der Waals surface area contributed by atoms with Crippen LogP contribution >= 0.6 is 0 Å². The molecule has 1 saturated heterocycles. The van der Waals surface area contributed by atoms with Crippen LogP contribution in [0.25, 0.3) is 0 Å². The molecule has 1 aliphatic carbocycles. The van der Waals surface area contributed by atoms with Gasteiger partial charge in [0.1, 0.15) is 6.61 Å². The van der Waals surface area contributed by atoms with E-state index in [0.717, 1.165) is 44.2 Å². The minimum Gasteiger partial charge on any atom is -0.463 e. The molecule has 1 heterocycles. The molecule has 2 aliphatic rings. The van der Waals surface area contributed by atoms with Gasteiger partial charge in [-0.1, -0.05) is 49.6 Å². The molecule has 0 aromatic heterocycles. The van der Waals surface area contributed by atoms with Gasteiger partial charge in [0.25, 0.3) is 0 Å². The van der Waals surface area contributed by atoms with Gasteiger partial charge in [0.2, 0.25) is 0 Å². The number of rotatable bonds is 4. The fraction of sp³-hybridized carbons (Fsp3) is 0.632. The Kier molecular flexibility index (Phi) is 4.82. The van der Waals surface area contributed by atoms with Gasteiger partial charge in [-0.15, -0.1) is 0 Å². The quantitative estimate of drug-likeness (QED) is 0.797. The zero-order valence-electron chi connectivity index (χ0n) is 13.6. The van der Waals surface area contributed by atoms with Crippen molar-refractivity contribution in [1.82, 2.24) is 4.90 Å². The molecule has 0 radical (unpaired) electrons. The Morgan fingerprint density at radius 3 is 2.55 bits per heavy atom. The predicted molar refractivity (Wildman–Crippen MR) is 87.8 cm³/mol. The fourth-order valence-corrected chi connectivity index (χ4v) is 4.02. The Balaban J connectivity index is 1.73. The van der Waals surface area contributed by atoms with E-state index in [-0.39, 0.29) is 5.97 Å². The number of hydrogen-bond acceptors (Lipinski definition) is 3. The molecule has 1 aromatic rings. The third-order valence-corrected chi connectivity index (χ3v) is 5.50. The van der Waals surface area contributed by atoms with Gasteiger partial charge in [-0.25, -0.2) is 0 Å². The lowest BCUT2D eigenvalue weighted by Gasteiger charge is -2.36. The Bertz CT molecular complexity index is 493. The molecule has 0 amide bonds. The number of hydrogen-bond donors (Lipinski definition) is 0. The van der Waals surface area contributed by atoms with Crippen molar-refractivity contribution in [3.05, 3.63) is 35.9 Å². The van der Waals surface area contributed by atoms with Crippen LogP contribution in [0.3, 0.4) is 0 Å².